The highest BCUT2D eigenvalue weighted by molar-refractivity contribution is 5.88. The van der Waals surface area contributed by atoms with Crippen molar-refractivity contribution in [1.29, 1.82) is 0 Å². The minimum absolute atomic E-state index is 0.00475. The Balaban J connectivity index is 1.35. The Labute approximate surface area is 179 Å². The molecule has 2 aliphatic rings. The van der Waals surface area contributed by atoms with Crippen molar-refractivity contribution in [1.82, 2.24) is 15.1 Å². The summed E-state index contributed by atoms with van der Waals surface area (Å²) in [4.78, 5) is 26.9. The van der Waals surface area contributed by atoms with Gasteiger partial charge in [-0.2, -0.15) is 5.10 Å². The lowest BCUT2D eigenvalue weighted by Gasteiger charge is -2.31. The SMILES string of the molecule is COc1ccc([C@@]2(O)CC[C@@H]3CN(C(=O)Cc4n[nH]c(=O)c5ccccc45)C[C@@H]32)cc1. The van der Waals surface area contributed by atoms with Gasteiger partial charge in [-0.05, 0) is 42.5 Å². The van der Waals surface area contributed by atoms with Crippen LogP contribution in [-0.4, -0.2) is 46.3 Å². The molecule has 31 heavy (non-hydrogen) atoms. The zero-order valence-electron chi connectivity index (χ0n) is 17.4. The molecule has 2 heterocycles. The first-order valence-corrected chi connectivity index (χ1v) is 10.6. The van der Waals surface area contributed by atoms with Gasteiger partial charge in [-0.15, -0.1) is 0 Å². The highest BCUT2D eigenvalue weighted by Crippen LogP contribution is 2.50. The highest BCUT2D eigenvalue weighted by atomic mass is 16.5. The van der Waals surface area contributed by atoms with Crippen molar-refractivity contribution in [2.45, 2.75) is 24.9 Å². The maximum atomic E-state index is 13.1. The predicted molar refractivity (Wildman–Crippen MR) is 116 cm³/mol. The summed E-state index contributed by atoms with van der Waals surface area (Å²) in [6, 6.07) is 14.8. The van der Waals surface area contributed by atoms with Crippen LogP contribution in [0.4, 0.5) is 0 Å². The standard InChI is InChI=1S/C24H25N3O4/c1-31-17-8-6-16(7-9-17)24(30)11-10-15-13-27(14-20(15)24)22(28)12-21-18-4-2-3-5-19(18)23(29)26-25-21/h2-9,15,20,30H,10-14H2,1H3,(H,26,29)/t15-,20+,24+/m1/s1. The molecule has 0 unspecified atom stereocenters. The maximum Gasteiger partial charge on any atom is 0.272 e. The number of aromatic amines is 1. The largest absolute Gasteiger partial charge is 0.497 e. The third-order valence-corrected chi connectivity index (χ3v) is 6.99. The van der Waals surface area contributed by atoms with E-state index in [-0.39, 0.29) is 29.7 Å². The van der Waals surface area contributed by atoms with Crippen LogP contribution in [0.1, 0.15) is 24.1 Å². The number of ether oxygens (including phenoxy) is 1. The van der Waals surface area contributed by atoms with Gasteiger partial charge in [-0.3, -0.25) is 9.59 Å². The molecule has 2 aromatic carbocycles. The number of nitrogens with zero attached hydrogens (tertiary/aromatic N) is 2. The van der Waals surface area contributed by atoms with Crippen LogP contribution >= 0.6 is 0 Å². The van der Waals surface area contributed by atoms with E-state index in [4.69, 9.17) is 4.74 Å². The van der Waals surface area contributed by atoms with Gasteiger partial charge in [0.1, 0.15) is 5.75 Å². The zero-order valence-corrected chi connectivity index (χ0v) is 17.4. The lowest BCUT2D eigenvalue weighted by molar-refractivity contribution is -0.130. The number of hydrogen-bond acceptors (Lipinski definition) is 5. The van der Waals surface area contributed by atoms with Gasteiger partial charge in [-0.1, -0.05) is 30.3 Å². The van der Waals surface area contributed by atoms with E-state index >= 15 is 0 Å². The molecule has 2 fully saturated rings. The number of H-pyrrole nitrogens is 1. The Hall–Kier alpha value is -3.19. The molecule has 160 valence electrons. The number of fused-ring (bicyclic) bond motifs is 2. The smallest absolute Gasteiger partial charge is 0.272 e. The van der Waals surface area contributed by atoms with Crippen molar-refractivity contribution in [3.8, 4) is 5.75 Å². The van der Waals surface area contributed by atoms with Crippen molar-refractivity contribution < 1.29 is 14.6 Å². The van der Waals surface area contributed by atoms with E-state index in [0.29, 0.717) is 36.0 Å². The van der Waals surface area contributed by atoms with Gasteiger partial charge in [0.25, 0.3) is 5.56 Å². The van der Waals surface area contributed by atoms with Gasteiger partial charge >= 0.3 is 0 Å². The molecule has 1 saturated carbocycles. The van der Waals surface area contributed by atoms with E-state index in [1.165, 1.54) is 0 Å². The number of carbonyl (C=O) groups excluding carboxylic acids is 1. The van der Waals surface area contributed by atoms with Crippen LogP contribution in [0.15, 0.2) is 53.3 Å². The summed E-state index contributed by atoms with van der Waals surface area (Å²) in [5, 5.41) is 19.4. The average molecular weight is 419 g/mol. The van der Waals surface area contributed by atoms with Gasteiger partial charge in [0, 0.05) is 24.4 Å². The summed E-state index contributed by atoms with van der Waals surface area (Å²) in [6.07, 6.45) is 1.71. The maximum absolute atomic E-state index is 13.1. The van der Waals surface area contributed by atoms with Crippen LogP contribution in [0.5, 0.6) is 5.75 Å². The van der Waals surface area contributed by atoms with Gasteiger partial charge in [0.2, 0.25) is 5.91 Å². The third kappa shape index (κ3) is 3.29. The normalized spacial score (nSPS) is 25.0. The Morgan fingerprint density at radius 3 is 2.68 bits per heavy atom. The fourth-order valence-corrected chi connectivity index (χ4v) is 5.30. The van der Waals surface area contributed by atoms with E-state index in [0.717, 1.165) is 17.7 Å². The molecule has 7 heteroatoms. The Kier molecular flexibility index (Phi) is 4.78. The molecule has 1 saturated heterocycles. The second kappa shape index (κ2) is 7.50. The summed E-state index contributed by atoms with van der Waals surface area (Å²) in [5.74, 6) is 1.00. The molecule has 3 aromatic rings. The van der Waals surface area contributed by atoms with Gasteiger partial charge in [0.05, 0.1) is 30.2 Å². The van der Waals surface area contributed by atoms with Crippen LogP contribution in [0.2, 0.25) is 0 Å². The molecule has 1 aliphatic carbocycles. The van der Waals surface area contributed by atoms with Crippen LogP contribution in [0.3, 0.4) is 0 Å². The quantitative estimate of drug-likeness (QED) is 0.676. The van der Waals surface area contributed by atoms with Crippen LogP contribution in [-0.2, 0) is 16.8 Å². The first-order valence-electron chi connectivity index (χ1n) is 10.6. The molecule has 1 amide bonds. The number of aliphatic hydroxyl groups is 1. The number of benzene rings is 2. The van der Waals surface area contributed by atoms with Crippen LogP contribution in [0.25, 0.3) is 10.8 Å². The number of methoxy groups -OCH3 is 1. The van der Waals surface area contributed by atoms with Gasteiger partial charge < -0.3 is 14.7 Å². The van der Waals surface area contributed by atoms with E-state index in [2.05, 4.69) is 10.2 Å². The predicted octanol–water partition coefficient (Wildman–Crippen LogP) is 2.23. The van der Waals surface area contributed by atoms with Crippen LogP contribution < -0.4 is 10.3 Å². The molecule has 5 rings (SSSR count). The summed E-state index contributed by atoms with van der Waals surface area (Å²) < 4.78 is 5.23. The number of likely N-dealkylation sites (tertiary alicyclic amines) is 1. The van der Waals surface area contributed by atoms with E-state index in [9.17, 15) is 14.7 Å². The van der Waals surface area contributed by atoms with Crippen molar-refractivity contribution in [2.75, 3.05) is 20.2 Å². The Bertz CT molecular complexity index is 1190. The first kappa shape index (κ1) is 19.8. The van der Waals surface area contributed by atoms with Crippen molar-refractivity contribution >= 4 is 16.7 Å². The fraction of sp³-hybridized carbons (Fsp3) is 0.375. The zero-order chi connectivity index (χ0) is 21.6. The second-order valence-electron chi connectivity index (χ2n) is 8.58. The number of carbonyl (C=O) groups is 1. The summed E-state index contributed by atoms with van der Waals surface area (Å²) in [6.45, 7) is 1.16. The molecule has 7 nitrogen and oxygen atoms in total. The number of nitrogens with one attached hydrogen (secondary N) is 1. The van der Waals surface area contributed by atoms with Crippen molar-refractivity contribution in [3.05, 3.63) is 70.1 Å². The molecule has 3 atom stereocenters. The third-order valence-electron chi connectivity index (χ3n) is 6.99. The molecule has 2 N–H and O–H groups in total. The first-order chi connectivity index (χ1) is 15.0. The minimum Gasteiger partial charge on any atom is -0.497 e. The molecule has 0 bridgehead atoms. The monoisotopic (exact) mass is 419 g/mol. The van der Waals surface area contributed by atoms with Gasteiger partial charge in [0.15, 0.2) is 0 Å². The van der Waals surface area contributed by atoms with E-state index in [1.807, 2.05) is 41.3 Å². The number of rotatable bonds is 4. The number of hydrogen-bond donors (Lipinski definition) is 2. The van der Waals surface area contributed by atoms with E-state index in [1.54, 1.807) is 19.2 Å². The van der Waals surface area contributed by atoms with Crippen molar-refractivity contribution in [2.24, 2.45) is 11.8 Å². The topological polar surface area (TPSA) is 95.5 Å². The molecular weight excluding hydrogens is 394 g/mol. The highest BCUT2D eigenvalue weighted by Gasteiger charge is 2.53. The number of aromatic nitrogens is 2. The number of amides is 1. The Morgan fingerprint density at radius 2 is 1.94 bits per heavy atom. The summed E-state index contributed by atoms with van der Waals surface area (Å²) in [5.41, 5.74) is 0.257. The summed E-state index contributed by atoms with van der Waals surface area (Å²) >= 11 is 0. The molecule has 0 spiro atoms. The molecule has 1 aromatic heterocycles. The summed E-state index contributed by atoms with van der Waals surface area (Å²) in [7, 11) is 1.62. The molecule has 1 aliphatic heterocycles. The van der Waals surface area contributed by atoms with E-state index < -0.39 is 5.60 Å². The average Bonchev–Trinajstić information content (AvgIpc) is 3.37. The van der Waals surface area contributed by atoms with Crippen LogP contribution in [0, 0.1) is 11.8 Å². The minimum atomic E-state index is -0.936. The lowest BCUT2D eigenvalue weighted by Crippen LogP contribution is -2.37. The fourth-order valence-electron chi connectivity index (χ4n) is 5.30. The lowest BCUT2D eigenvalue weighted by atomic mass is 9.82. The molecular formula is C24H25N3O4. The Morgan fingerprint density at radius 1 is 1.19 bits per heavy atom. The second-order valence-corrected chi connectivity index (χ2v) is 8.58. The molecule has 0 radical (unpaired) electrons. The van der Waals surface area contributed by atoms with Gasteiger partial charge in [-0.25, -0.2) is 5.10 Å². The van der Waals surface area contributed by atoms with Crippen molar-refractivity contribution in [3.63, 3.8) is 0 Å².